The second kappa shape index (κ2) is 7.63. The standard InChI is InChI=1S/C22H24ClFN6/c1-14-21-26-27-22(30(21)19-5-3-17(23)11-16(19)13-28(14)2)15-7-9-29(10-8-15)20-6-4-18(24)12-25-20/h3-6,11-12,14-15H,7-10,13H2,1-2H3. The van der Waals surface area contributed by atoms with Crippen LogP contribution in [0.1, 0.15) is 48.9 Å². The lowest BCUT2D eigenvalue weighted by Crippen LogP contribution is -2.34. The number of hydrogen-bond donors (Lipinski definition) is 0. The number of halogens is 2. The van der Waals surface area contributed by atoms with Crippen LogP contribution < -0.4 is 4.90 Å². The zero-order valence-corrected chi connectivity index (χ0v) is 17.8. The summed E-state index contributed by atoms with van der Waals surface area (Å²) in [5.41, 5.74) is 2.30. The second-order valence-corrected chi connectivity index (χ2v) is 8.65. The Morgan fingerprint density at radius 1 is 1.07 bits per heavy atom. The van der Waals surface area contributed by atoms with Gasteiger partial charge in [0.1, 0.15) is 17.5 Å². The first kappa shape index (κ1) is 19.5. The van der Waals surface area contributed by atoms with Gasteiger partial charge in [-0.05, 0) is 62.7 Å². The van der Waals surface area contributed by atoms with Gasteiger partial charge in [-0.15, -0.1) is 10.2 Å². The minimum atomic E-state index is -0.308. The van der Waals surface area contributed by atoms with E-state index in [9.17, 15) is 4.39 Å². The van der Waals surface area contributed by atoms with Crippen LogP contribution >= 0.6 is 11.6 Å². The molecular weight excluding hydrogens is 403 g/mol. The highest BCUT2D eigenvalue weighted by atomic mass is 35.5. The molecule has 0 bridgehead atoms. The zero-order valence-electron chi connectivity index (χ0n) is 17.1. The fourth-order valence-electron chi connectivity index (χ4n) is 4.51. The molecule has 0 radical (unpaired) electrons. The van der Waals surface area contributed by atoms with Gasteiger partial charge >= 0.3 is 0 Å². The van der Waals surface area contributed by atoms with E-state index in [1.54, 1.807) is 6.07 Å². The van der Waals surface area contributed by atoms with Crippen LogP contribution in [0, 0.1) is 5.82 Å². The molecule has 0 aliphatic carbocycles. The van der Waals surface area contributed by atoms with E-state index in [0.29, 0.717) is 5.92 Å². The van der Waals surface area contributed by atoms with Gasteiger partial charge in [-0.2, -0.15) is 0 Å². The first-order chi connectivity index (χ1) is 14.5. The predicted molar refractivity (Wildman–Crippen MR) is 115 cm³/mol. The zero-order chi connectivity index (χ0) is 20.8. The van der Waals surface area contributed by atoms with Crippen molar-refractivity contribution in [3.63, 3.8) is 0 Å². The molecule has 6 nitrogen and oxygen atoms in total. The Morgan fingerprint density at radius 2 is 1.83 bits per heavy atom. The normalized spacial score (nSPS) is 20.0. The smallest absolute Gasteiger partial charge is 0.154 e. The summed E-state index contributed by atoms with van der Waals surface area (Å²) in [6.45, 7) is 4.69. The summed E-state index contributed by atoms with van der Waals surface area (Å²) >= 11 is 6.29. The number of pyridine rings is 1. The van der Waals surface area contributed by atoms with Gasteiger partial charge in [-0.1, -0.05) is 11.6 Å². The van der Waals surface area contributed by atoms with Gasteiger partial charge in [-0.25, -0.2) is 9.37 Å². The maximum Gasteiger partial charge on any atom is 0.154 e. The van der Waals surface area contributed by atoms with E-state index >= 15 is 0 Å². The fraction of sp³-hybridized carbons (Fsp3) is 0.409. The Bertz CT molecular complexity index is 1060. The fourth-order valence-corrected chi connectivity index (χ4v) is 4.71. The predicted octanol–water partition coefficient (Wildman–Crippen LogP) is 4.35. The van der Waals surface area contributed by atoms with Crippen molar-refractivity contribution in [3.05, 3.63) is 64.6 Å². The third kappa shape index (κ3) is 3.36. The van der Waals surface area contributed by atoms with E-state index in [-0.39, 0.29) is 11.9 Å². The first-order valence-corrected chi connectivity index (χ1v) is 10.7. The van der Waals surface area contributed by atoms with Gasteiger partial charge in [0, 0.05) is 30.6 Å². The van der Waals surface area contributed by atoms with Gasteiger partial charge in [-0.3, -0.25) is 9.47 Å². The average Bonchev–Trinajstić information content (AvgIpc) is 3.15. The van der Waals surface area contributed by atoms with Crippen molar-refractivity contribution in [1.82, 2.24) is 24.6 Å². The first-order valence-electron chi connectivity index (χ1n) is 10.3. The number of nitrogens with zero attached hydrogens (tertiary/aromatic N) is 6. The molecule has 1 aromatic carbocycles. The highest BCUT2D eigenvalue weighted by Crippen LogP contribution is 2.36. The molecule has 0 amide bonds. The third-order valence-electron chi connectivity index (χ3n) is 6.35. The molecule has 156 valence electrons. The quantitative estimate of drug-likeness (QED) is 0.610. The van der Waals surface area contributed by atoms with Crippen molar-refractivity contribution >= 4 is 17.4 Å². The number of benzene rings is 1. The van der Waals surface area contributed by atoms with Crippen LogP contribution in [0.25, 0.3) is 5.69 Å². The lowest BCUT2D eigenvalue weighted by molar-refractivity contribution is 0.247. The summed E-state index contributed by atoms with van der Waals surface area (Å²) in [5.74, 6) is 2.81. The average molecular weight is 427 g/mol. The molecule has 1 atom stereocenters. The van der Waals surface area contributed by atoms with Gasteiger partial charge in [0.15, 0.2) is 5.82 Å². The minimum Gasteiger partial charge on any atom is -0.357 e. The van der Waals surface area contributed by atoms with E-state index in [2.05, 4.69) is 49.6 Å². The molecule has 0 saturated carbocycles. The van der Waals surface area contributed by atoms with Crippen molar-refractivity contribution in [2.24, 2.45) is 0 Å². The number of anilines is 1. The Balaban J connectivity index is 1.46. The highest BCUT2D eigenvalue weighted by molar-refractivity contribution is 6.30. The molecule has 2 aliphatic heterocycles. The van der Waals surface area contributed by atoms with Crippen LogP contribution in [0.2, 0.25) is 5.02 Å². The van der Waals surface area contributed by atoms with Crippen LogP contribution in [0.5, 0.6) is 0 Å². The van der Waals surface area contributed by atoms with Crippen LogP contribution in [-0.2, 0) is 6.54 Å². The van der Waals surface area contributed by atoms with Crippen LogP contribution in [0.15, 0.2) is 36.5 Å². The highest BCUT2D eigenvalue weighted by Gasteiger charge is 2.32. The third-order valence-corrected chi connectivity index (χ3v) is 6.58. The SMILES string of the molecule is CC1c2nnc(C3CCN(c4ccc(F)cn4)CC3)n2-c2ccc(Cl)cc2CN1C. The topological polar surface area (TPSA) is 50.1 Å². The Labute approximate surface area is 180 Å². The van der Waals surface area contributed by atoms with Gasteiger partial charge in [0.2, 0.25) is 0 Å². The van der Waals surface area contributed by atoms with Crippen LogP contribution in [-0.4, -0.2) is 44.8 Å². The number of rotatable bonds is 2. The van der Waals surface area contributed by atoms with Crippen LogP contribution in [0.3, 0.4) is 0 Å². The van der Waals surface area contributed by atoms with E-state index in [1.165, 1.54) is 17.8 Å². The Morgan fingerprint density at radius 3 is 2.57 bits per heavy atom. The van der Waals surface area contributed by atoms with Crippen molar-refractivity contribution in [3.8, 4) is 5.69 Å². The molecule has 1 fully saturated rings. The Hall–Kier alpha value is -2.51. The molecule has 30 heavy (non-hydrogen) atoms. The maximum atomic E-state index is 13.2. The molecular formula is C22H24ClFN6. The molecule has 5 rings (SSSR count). The molecule has 0 N–H and O–H groups in total. The molecule has 8 heteroatoms. The van der Waals surface area contributed by atoms with Crippen LogP contribution in [0.4, 0.5) is 10.2 Å². The van der Waals surface area contributed by atoms with E-state index in [0.717, 1.165) is 60.7 Å². The Kier molecular flexibility index (Phi) is 4.95. The van der Waals surface area contributed by atoms with Gasteiger partial charge < -0.3 is 4.90 Å². The largest absolute Gasteiger partial charge is 0.357 e. The lowest BCUT2D eigenvalue weighted by atomic mass is 9.95. The van der Waals surface area contributed by atoms with Crippen molar-refractivity contribution < 1.29 is 4.39 Å². The van der Waals surface area contributed by atoms with Gasteiger partial charge in [0.25, 0.3) is 0 Å². The van der Waals surface area contributed by atoms with Crippen molar-refractivity contribution in [1.29, 1.82) is 0 Å². The molecule has 4 heterocycles. The molecule has 0 spiro atoms. The maximum absolute atomic E-state index is 13.2. The van der Waals surface area contributed by atoms with Crippen molar-refractivity contribution in [2.45, 2.75) is 38.3 Å². The summed E-state index contributed by atoms with van der Waals surface area (Å²) < 4.78 is 15.4. The summed E-state index contributed by atoms with van der Waals surface area (Å²) in [5, 5.41) is 9.99. The number of piperidine rings is 1. The van der Waals surface area contributed by atoms with E-state index < -0.39 is 0 Å². The summed E-state index contributed by atoms with van der Waals surface area (Å²) in [7, 11) is 2.10. The summed E-state index contributed by atoms with van der Waals surface area (Å²) in [6.07, 6.45) is 3.18. The molecule has 2 aliphatic rings. The minimum absolute atomic E-state index is 0.154. The summed E-state index contributed by atoms with van der Waals surface area (Å²) in [6, 6.07) is 9.43. The summed E-state index contributed by atoms with van der Waals surface area (Å²) in [4.78, 5) is 8.71. The molecule has 2 aromatic heterocycles. The second-order valence-electron chi connectivity index (χ2n) is 8.21. The molecule has 3 aromatic rings. The number of fused-ring (bicyclic) bond motifs is 3. The number of hydrogen-bond acceptors (Lipinski definition) is 5. The van der Waals surface area contributed by atoms with Gasteiger partial charge in [0.05, 0.1) is 17.9 Å². The van der Waals surface area contributed by atoms with Crippen molar-refractivity contribution in [2.75, 3.05) is 25.0 Å². The molecule has 1 saturated heterocycles. The van der Waals surface area contributed by atoms with E-state index in [1.807, 2.05) is 12.1 Å². The van der Waals surface area contributed by atoms with E-state index in [4.69, 9.17) is 11.6 Å². The number of aromatic nitrogens is 4. The lowest BCUT2D eigenvalue weighted by Gasteiger charge is -2.32. The molecule has 1 unspecified atom stereocenters. The monoisotopic (exact) mass is 426 g/mol.